The van der Waals surface area contributed by atoms with E-state index in [4.69, 9.17) is 9.84 Å². The molecule has 4 nitrogen and oxygen atoms in total. The Bertz CT molecular complexity index is 578. The molecule has 2 aliphatic rings. The van der Waals surface area contributed by atoms with E-state index in [1.54, 1.807) is 6.92 Å². The van der Waals surface area contributed by atoms with E-state index in [-0.39, 0.29) is 5.56 Å². The van der Waals surface area contributed by atoms with Crippen molar-refractivity contribution in [1.82, 2.24) is 5.32 Å². The van der Waals surface area contributed by atoms with Gasteiger partial charge in [0, 0.05) is 18.0 Å². The van der Waals surface area contributed by atoms with Crippen LogP contribution >= 0.6 is 0 Å². The van der Waals surface area contributed by atoms with Gasteiger partial charge in [-0.1, -0.05) is 0 Å². The van der Waals surface area contributed by atoms with Gasteiger partial charge in [0.15, 0.2) is 0 Å². The third kappa shape index (κ3) is 3.09. The molecule has 0 amide bonds. The van der Waals surface area contributed by atoms with Gasteiger partial charge in [-0.05, 0) is 56.7 Å². The van der Waals surface area contributed by atoms with E-state index in [9.17, 15) is 9.18 Å². The van der Waals surface area contributed by atoms with Crippen LogP contribution in [0.5, 0.6) is 5.75 Å². The molecule has 1 aliphatic heterocycles. The van der Waals surface area contributed by atoms with Gasteiger partial charge in [0.1, 0.15) is 11.6 Å². The maximum absolute atomic E-state index is 14.3. The summed E-state index contributed by atoms with van der Waals surface area (Å²) in [6, 6.07) is 1.47. The zero-order valence-electron chi connectivity index (χ0n) is 12.8. The molecular weight excluding hydrogens is 285 g/mol. The second kappa shape index (κ2) is 6.24. The predicted molar refractivity (Wildman–Crippen MR) is 81.2 cm³/mol. The van der Waals surface area contributed by atoms with Crippen LogP contribution in [-0.4, -0.2) is 30.8 Å². The third-order valence-electron chi connectivity index (χ3n) is 4.58. The summed E-state index contributed by atoms with van der Waals surface area (Å²) in [5.74, 6) is -0.575. The number of carboxylic acids is 1. The normalized spacial score (nSPS) is 21.6. The zero-order valence-corrected chi connectivity index (χ0v) is 12.8. The highest BCUT2D eigenvalue weighted by molar-refractivity contribution is 5.89. The lowest BCUT2D eigenvalue weighted by Crippen LogP contribution is -2.33. The van der Waals surface area contributed by atoms with E-state index in [1.165, 1.54) is 6.07 Å². The van der Waals surface area contributed by atoms with Crippen molar-refractivity contribution in [3.8, 4) is 5.75 Å². The highest BCUT2D eigenvalue weighted by Crippen LogP contribution is 2.46. The zero-order chi connectivity index (χ0) is 15.7. The van der Waals surface area contributed by atoms with E-state index in [0.717, 1.165) is 44.3 Å². The van der Waals surface area contributed by atoms with Crippen LogP contribution in [0.2, 0.25) is 0 Å². The molecule has 120 valence electrons. The van der Waals surface area contributed by atoms with Gasteiger partial charge in [-0.15, -0.1) is 0 Å². The monoisotopic (exact) mass is 307 g/mol. The van der Waals surface area contributed by atoms with Crippen molar-refractivity contribution in [3.63, 3.8) is 0 Å². The predicted octanol–water partition coefficient (Wildman–Crippen LogP) is 3.09. The molecule has 22 heavy (non-hydrogen) atoms. The molecule has 2 N–H and O–H groups in total. The summed E-state index contributed by atoms with van der Waals surface area (Å²) >= 11 is 0. The van der Waals surface area contributed by atoms with Crippen LogP contribution in [0.4, 0.5) is 4.39 Å². The minimum absolute atomic E-state index is 0.244. The summed E-state index contributed by atoms with van der Waals surface area (Å²) in [5, 5.41) is 12.5. The van der Waals surface area contributed by atoms with E-state index in [0.29, 0.717) is 29.8 Å². The van der Waals surface area contributed by atoms with E-state index in [2.05, 4.69) is 5.32 Å². The number of carbonyl (C=O) groups is 1. The molecule has 1 atom stereocenters. The first-order valence-electron chi connectivity index (χ1n) is 7.97. The van der Waals surface area contributed by atoms with Crippen molar-refractivity contribution >= 4 is 5.97 Å². The minimum Gasteiger partial charge on any atom is -0.493 e. The molecule has 1 unspecified atom stereocenters. The van der Waals surface area contributed by atoms with Crippen molar-refractivity contribution in [3.05, 3.63) is 28.6 Å². The molecule has 0 bridgehead atoms. The number of carboxylic acid groups (broad SMARTS) is 1. The first kappa shape index (κ1) is 15.3. The fraction of sp³-hybridized carbons (Fsp3) is 0.588. The van der Waals surface area contributed by atoms with Crippen LogP contribution in [-0.2, 0) is 0 Å². The lowest BCUT2D eigenvalue weighted by molar-refractivity contribution is 0.0691. The van der Waals surface area contributed by atoms with Crippen LogP contribution in [0.1, 0.15) is 53.1 Å². The van der Waals surface area contributed by atoms with Gasteiger partial charge in [0.25, 0.3) is 0 Å². The minimum atomic E-state index is -1.22. The second-order valence-corrected chi connectivity index (χ2v) is 6.38. The Morgan fingerprint density at radius 2 is 2.23 bits per heavy atom. The number of aromatic carboxylic acids is 1. The number of piperidine rings is 1. The van der Waals surface area contributed by atoms with Gasteiger partial charge < -0.3 is 15.2 Å². The van der Waals surface area contributed by atoms with E-state index >= 15 is 0 Å². The van der Waals surface area contributed by atoms with Crippen molar-refractivity contribution in [1.29, 1.82) is 0 Å². The summed E-state index contributed by atoms with van der Waals surface area (Å²) in [6.45, 7) is 4.14. The van der Waals surface area contributed by atoms with Gasteiger partial charge in [-0.2, -0.15) is 0 Å². The van der Waals surface area contributed by atoms with Crippen LogP contribution in [0.3, 0.4) is 0 Å². The summed E-state index contributed by atoms with van der Waals surface area (Å²) < 4.78 is 20.2. The Kier molecular flexibility index (Phi) is 4.34. The Morgan fingerprint density at radius 1 is 1.45 bits per heavy atom. The summed E-state index contributed by atoms with van der Waals surface area (Å²) in [6.07, 6.45) is 4.28. The molecule has 1 aromatic carbocycles. The molecule has 0 spiro atoms. The topological polar surface area (TPSA) is 58.6 Å². The number of halogens is 1. The molecule has 1 saturated carbocycles. The Labute approximate surface area is 129 Å². The average molecular weight is 307 g/mol. The van der Waals surface area contributed by atoms with Crippen LogP contribution in [0.15, 0.2) is 6.07 Å². The number of hydrogen-bond acceptors (Lipinski definition) is 3. The van der Waals surface area contributed by atoms with Crippen LogP contribution < -0.4 is 10.1 Å². The average Bonchev–Trinajstić information content (AvgIpc) is 3.34. The van der Waals surface area contributed by atoms with E-state index in [1.807, 2.05) is 0 Å². The first-order chi connectivity index (χ1) is 10.6. The van der Waals surface area contributed by atoms with Gasteiger partial charge >= 0.3 is 5.97 Å². The smallest absolute Gasteiger partial charge is 0.338 e. The van der Waals surface area contributed by atoms with Crippen molar-refractivity contribution < 1.29 is 19.0 Å². The lowest BCUT2D eigenvalue weighted by Gasteiger charge is -2.24. The van der Waals surface area contributed by atoms with Gasteiger partial charge in [-0.3, -0.25) is 0 Å². The Hall–Kier alpha value is -1.62. The molecule has 1 heterocycles. The Balaban J connectivity index is 1.85. The SMILES string of the molecule is Cc1c(F)c(C(=O)O)cc(C2CC2)c1OCC1CCCNC1. The molecule has 5 heteroatoms. The van der Waals surface area contributed by atoms with Gasteiger partial charge in [0.05, 0.1) is 12.2 Å². The number of hydrogen-bond donors (Lipinski definition) is 2. The molecule has 1 saturated heterocycles. The van der Waals surface area contributed by atoms with Crippen LogP contribution in [0, 0.1) is 18.7 Å². The first-order valence-corrected chi connectivity index (χ1v) is 7.97. The second-order valence-electron chi connectivity index (χ2n) is 6.38. The van der Waals surface area contributed by atoms with Crippen molar-refractivity contribution in [2.24, 2.45) is 5.92 Å². The number of nitrogens with one attached hydrogen (secondary N) is 1. The number of ether oxygens (including phenoxy) is 1. The molecule has 3 rings (SSSR count). The Morgan fingerprint density at radius 3 is 2.82 bits per heavy atom. The molecule has 1 aromatic rings. The fourth-order valence-corrected chi connectivity index (χ4v) is 3.11. The number of benzene rings is 1. The summed E-state index contributed by atoms with van der Waals surface area (Å²) in [4.78, 5) is 11.2. The quantitative estimate of drug-likeness (QED) is 0.877. The molecule has 2 fully saturated rings. The standard InChI is InChI=1S/C17H22FNO3/c1-10-15(18)14(17(20)21)7-13(12-4-5-12)16(10)22-9-11-3-2-6-19-8-11/h7,11-12,19H,2-6,8-9H2,1H3,(H,20,21). The maximum atomic E-state index is 14.3. The summed E-state index contributed by atoms with van der Waals surface area (Å²) in [7, 11) is 0. The molecule has 0 aromatic heterocycles. The van der Waals surface area contributed by atoms with Crippen LogP contribution in [0.25, 0.3) is 0 Å². The lowest BCUT2D eigenvalue weighted by atomic mass is 9.99. The van der Waals surface area contributed by atoms with Gasteiger partial charge in [-0.25, -0.2) is 9.18 Å². The largest absolute Gasteiger partial charge is 0.493 e. The van der Waals surface area contributed by atoms with Gasteiger partial charge in [0.2, 0.25) is 0 Å². The molecular formula is C17H22FNO3. The van der Waals surface area contributed by atoms with Crippen molar-refractivity contribution in [2.75, 3.05) is 19.7 Å². The maximum Gasteiger partial charge on any atom is 0.338 e. The summed E-state index contributed by atoms with van der Waals surface area (Å²) in [5.41, 5.74) is 0.941. The molecule has 1 aliphatic carbocycles. The third-order valence-corrected chi connectivity index (χ3v) is 4.58. The number of rotatable bonds is 5. The van der Waals surface area contributed by atoms with Crippen molar-refractivity contribution in [2.45, 2.75) is 38.5 Å². The van der Waals surface area contributed by atoms with E-state index < -0.39 is 11.8 Å². The highest BCUT2D eigenvalue weighted by Gasteiger charge is 2.31. The molecule has 0 radical (unpaired) electrons. The fourth-order valence-electron chi connectivity index (χ4n) is 3.11. The highest BCUT2D eigenvalue weighted by atomic mass is 19.1.